The van der Waals surface area contributed by atoms with Crippen LogP contribution in [0.1, 0.15) is 19.3 Å². The van der Waals surface area contributed by atoms with E-state index in [1.807, 2.05) is 18.2 Å². The smallest absolute Gasteiger partial charge is 0.223 e. The molecular formula is C26H32N8O. The first-order valence-corrected chi connectivity index (χ1v) is 12.6. The minimum absolute atomic E-state index is 0.301. The van der Waals surface area contributed by atoms with E-state index in [0.29, 0.717) is 23.2 Å². The molecular weight excluding hydrogens is 440 g/mol. The summed E-state index contributed by atoms with van der Waals surface area (Å²) in [6, 6.07) is 14.1. The maximum absolute atomic E-state index is 6.24. The fourth-order valence-corrected chi connectivity index (χ4v) is 5.13. The minimum atomic E-state index is 0.301. The maximum atomic E-state index is 6.24. The Morgan fingerprint density at radius 1 is 0.829 bits per heavy atom. The third kappa shape index (κ3) is 4.74. The summed E-state index contributed by atoms with van der Waals surface area (Å²) >= 11 is 0. The van der Waals surface area contributed by atoms with Gasteiger partial charge < -0.3 is 20.0 Å². The average molecular weight is 473 g/mol. The molecule has 2 N–H and O–H groups in total. The molecule has 1 aromatic carbocycles. The first-order chi connectivity index (χ1) is 17.2. The van der Waals surface area contributed by atoms with E-state index >= 15 is 0 Å². The van der Waals surface area contributed by atoms with Crippen molar-refractivity contribution in [3.8, 4) is 22.8 Å². The number of likely N-dealkylation sites (tertiary alicyclic amines) is 1. The fourth-order valence-electron chi connectivity index (χ4n) is 5.13. The molecule has 0 atom stereocenters. The third-order valence-electron chi connectivity index (χ3n) is 7.15. The first kappa shape index (κ1) is 22.1. The Kier molecular flexibility index (Phi) is 6.10. The van der Waals surface area contributed by atoms with Crippen LogP contribution in [0.15, 0.2) is 53.1 Å². The van der Waals surface area contributed by atoms with Gasteiger partial charge in [0.05, 0.1) is 12.0 Å². The van der Waals surface area contributed by atoms with Crippen LogP contribution in [0.3, 0.4) is 0 Å². The third-order valence-corrected chi connectivity index (χ3v) is 7.15. The molecule has 0 saturated carbocycles. The summed E-state index contributed by atoms with van der Waals surface area (Å²) < 4.78 is 6.98. The molecule has 9 heteroatoms. The van der Waals surface area contributed by atoms with Crippen molar-refractivity contribution in [1.29, 1.82) is 0 Å². The number of piperidine rings is 1. The summed E-state index contributed by atoms with van der Waals surface area (Å²) in [5, 5.41) is 4.44. The number of nitrogens with two attached hydrogens (primary N) is 1. The monoisotopic (exact) mass is 472 g/mol. The predicted octanol–water partition coefficient (Wildman–Crippen LogP) is 3.24. The second-order valence-corrected chi connectivity index (χ2v) is 9.46. The van der Waals surface area contributed by atoms with Gasteiger partial charge >= 0.3 is 0 Å². The van der Waals surface area contributed by atoms with E-state index in [0.717, 1.165) is 37.4 Å². The number of hydrogen-bond donors (Lipinski definition) is 1. The van der Waals surface area contributed by atoms with E-state index in [-0.39, 0.29) is 0 Å². The molecule has 0 amide bonds. The quantitative estimate of drug-likeness (QED) is 0.457. The Balaban J connectivity index is 1.14. The molecule has 0 bridgehead atoms. The van der Waals surface area contributed by atoms with Crippen molar-refractivity contribution >= 4 is 17.3 Å². The van der Waals surface area contributed by atoms with Crippen LogP contribution in [0.25, 0.3) is 28.5 Å². The van der Waals surface area contributed by atoms with Crippen molar-refractivity contribution in [2.24, 2.45) is 0 Å². The Labute approximate surface area is 205 Å². The largest absolute Gasteiger partial charge is 0.461 e. The van der Waals surface area contributed by atoms with Gasteiger partial charge in [-0.1, -0.05) is 18.6 Å². The van der Waals surface area contributed by atoms with Crippen LogP contribution in [0.5, 0.6) is 0 Å². The molecule has 2 aliphatic heterocycles. The number of hydrogen-bond acceptors (Lipinski definition) is 8. The average Bonchev–Trinajstić information content (AvgIpc) is 3.59. The van der Waals surface area contributed by atoms with E-state index in [4.69, 9.17) is 10.2 Å². The highest BCUT2D eigenvalue weighted by Gasteiger charge is 2.19. The molecule has 2 fully saturated rings. The summed E-state index contributed by atoms with van der Waals surface area (Å²) in [7, 11) is 0. The Bertz CT molecular complexity index is 1270. The van der Waals surface area contributed by atoms with Gasteiger partial charge in [0, 0.05) is 56.6 Å². The lowest BCUT2D eigenvalue weighted by Gasteiger charge is -2.37. The van der Waals surface area contributed by atoms with Gasteiger partial charge in [0.25, 0.3) is 0 Å². The van der Waals surface area contributed by atoms with Gasteiger partial charge in [-0.15, -0.1) is 5.10 Å². The summed E-state index contributed by atoms with van der Waals surface area (Å²) in [5.41, 5.74) is 9.91. The highest BCUT2D eigenvalue weighted by molar-refractivity contribution is 5.70. The van der Waals surface area contributed by atoms with Gasteiger partial charge in [-0.25, -0.2) is 9.97 Å². The van der Waals surface area contributed by atoms with E-state index in [1.165, 1.54) is 51.1 Å². The summed E-state index contributed by atoms with van der Waals surface area (Å²) in [4.78, 5) is 16.9. The van der Waals surface area contributed by atoms with Gasteiger partial charge in [-0.3, -0.25) is 4.90 Å². The number of anilines is 2. The minimum Gasteiger partial charge on any atom is -0.461 e. The Hall–Kier alpha value is -3.43. The number of nitrogen functional groups attached to an aromatic ring is 1. The van der Waals surface area contributed by atoms with Crippen LogP contribution >= 0.6 is 0 Å². The molecule has 0 radical (unpaired) electrons. The number of benzene rings is 1. The van der Waals surface area contributed by atoms with Crippen molar-refractivity contribution in [3.05, 3.63) is 48.7 Å². The van der Waals surface area contributed by atoms with Crippen LogP contribution in [-0.4, -0.2) is 81.7 Å². The number of rotatable bonds is 6. The molecule has 5 heterocycles. The zero-order chi connectivity index (χ0) is 23.6. The van der Waals surface area contributed by atoms with Gasteiger partial charge in [0.15, 0.2) is 11.4 Å². The number of nitrogens with zero attached hydrogens (tertiary/aromatic N) is 7. The first-order valence-electron chi connectivity index (χ1n) is 12.6. The molecule has 182 valence electrons. The Morgan fingerprint density at radius 2 is 1.63 bits per heavy atom. The lowest BCUT2D eigenvalue weighted by molar-refractivity contribution is 0.177. The van der Waals surface area contributed by atoms with Crippen molar-refractivity contribution in [1.82, 2.24) is 29.4 Å². The highest BCUT2D eigenvalue weighted by atomic mass is 16.3. The van der Waals surface area contributed by atoms with Crippen LogP contribution in [0, 0.1) is 0 Å². The molecule has 0 aliphatic carbocycles. The molecule has 2 saturated heterocycles. The van der Waals surface area contributed by atoms with Crippen LogP contribution in [0.2, 0.25) is 0 Å². The number of aromatic nitrogens is 4. The van der Waals surface area contributed by atoms with Crippen molar-refractivity contribution in [2.45, 2.75) is 19.3 Å². The zero-order valence-electron chi connectivity index (χ0n) is 20.0. The molecule has 2 aliphatic rings. The summed E-state index contributed by atoms with van der Waals surface area (Å²) in [6.07, 6.45) is 5.73. The summed E-state index contributed by atoms with van der Waals surface area (Å²) in [5.74, 6) is 1.40. The van der Waals surface area contributed by atoms with Gasteiger partial charge in [0.1, 0.15) is 0 Å². The van der Waals surface area contributed by atoms with Crippen LogP contribution < -0.4 is 10.6 Å². The second kappa shape index (κ2) is 9.67. The van der Waals surface area contributed by atoms with Crippen molar-refractivity contribution < 1.29 is 4.42 Å². The van der Waals surface area contributed by atoms with Gasteiger partial charge in [-0.2, -0.15) is 4.52 Å². The molecule has 35 heavy (non-hydrogen) atoms. The number of fused-ring (bicyclic) bond motifs is 1. The maximum Gasteiger partial charge on any atom is 0.223 e. The molecule has 4 aromatic rings. The van der Waals surface area contributed by atoms with Crippen LogP contribution in [0.4, 0.5) is 11.6 Å². The molecule has 0 spiro atoms. The number of furan rings is 1. The molecule has 9 nitrogen and oxygen atoms in total. The standard InChI is InChI=1S/C26H32N8O/c27-26-28-22(19-24-29-25(30-34(24)26)23-8-5-17-35-23)20-6-4-7-21(18-20)33-15-13-32(14-16-33)12-11-31-9-2-1-3-10-31/h4-8,17-19H,1-3,9-16H2,(H2,27,28). The molecule has 0 unspecified atom stereocenters. The van der Waals surface area contributed by atoms with E-state index in [2.05, 4.69) is 54.0 Å². The van der Waals surface area contributed by atoms with E-state index in [9.17, 15) is 0 Å². The van der Waals surface area contributed by atoms with Gasteiger partial charge in [0.2, 0.25) is 11.8 Å². The predicted molar refractivity (Wildman–Crippen MR) is 137 cm³/mol. The van der Waals surface area contributed by atoms with Crippen molar-refractivity contribution in [2.75, 3.05) is 63.0 Å². The Morgan fingerprint density at radius 3 is 2.40 bits per heavy atom. The topological polar surface area (TPSA) is 92.0 Å². The highest BCUT2D eigenvalue weighted by Crippen LogP contribution is 2.27. The lowest BCUT2D eigenvalue weighted by Crippen LogP contribution is -2.48. The lowest BCUT2D eigenvalue weighted by atomic mass is 10.1. The zero-order valence-corrected chi connectivity index (χ0v) is 20.0. The van der Waals surface area contributed by atoms with Crippen LogP contribution in [-0.2, 0) is 0 Å². The van der Waals surface area contributed by atoms with E-state index in [1.54, 1.807) is 10.8 Å². The second-order valence-electron chi connectivity index (χ2n) is 9.46. The molecule has 3 aromatic heterocycles. The van der Waals surface area contributed by atoms with E-state index < -0.39 is 0 Å². The SMILES string of the molecule is Nc1nc(-c2cccc(N3CCN(CCN4CCCCC4)CC3)c2)cc2nc(-c3ccco3)nn12. The molecule has 6 rings (SSSR count). The normalized spacial score (nSPS) is 17.9. The number of piperazine rings is 1. The van der Waals surface area contributed by atoms with Gasteiger partial charge in [-0.05, 0) is 50.2 Å². The summed E-state index contributed by atoms with van der Waals surface area (Å²) in [6.45, 7) is 9.20. The fraction of sp³-hybridized carbons (Fsp3) is 0.423. The van der Waals surface area contributed by atoms with Crippen molar-refractivity contribution in [3.63, 3.8) is 0 Å².